The molecule has 2 aliphatic rings. The summed E-state index contributed by atoms with van der Waals surface area (Å²) in [6.45, 7) is 6.10. The molecule has 4 rings (SSSR count). The minimum atomic E-state index is -3.82. The normalized spacial score (nSPS) is 18.8. The average Bonchev–Trinajstić information content (AvgIpc) is 3.47. The van der Waals surface area contributed by atoms with Crippen LogP contribution >= 0.6 is 0 Å². The van der Waals surface area contributed by atoms with Gasteiger partial charge in [-0.25, -0.2) is 8.42 Å². The van der Waals surface area contributed by atoms with E-state index in [2.05, 4.69) is 10.0 Å². The van der Waals surface area contributed by atoms with Crippen LogP contribution in [0.15, 0.2) is 41.3 Å². The quantitative estimate of drug-likeness (QED) is 0.647. The van der Waals surface area contributed by atoms with Crippen molar-refractivity contribution in [3.63, 3.8) is 0 Å². The van der Waals surface area contributed by atoms with E-state index in [0.717, 1.165) is 43.2 Å². The molecule has 0 radical (unpaired) electrons. The van der Waals surface area contributed by atoms with Gasteiger partial charge in [-0.15, -0.1) is 0 Å². The first-order valence-corrected chi connectivity index (χ1v) is 13.5. The molecule has 1 heterocycles. The van der Waals surface area contributed by atoms with Gasteiger partial charge in [0.05, 0.1) is 4.90 Å². The molecule has 0 unspecified atom stereocenters. The van der Waals surface area contributed by atoms with Crippen molar-refractivity contribution in [2.75, 3.05) is 11.3 Å². The van der Waals surface area contributed by atoms with E-state index in [0.29, 0.717) is 29.8 Å². The van der Waals surface area contributed by atoms with Crippen LogP contribution in [-0.4, -0.2) is 43.8 Å². The summed E-state index contributed by atoms with van der Waals surface area (Å²) in [5.41, 5.74) is 3.26. The zero-order valence-electron chi connectivity index (χ0n) is 20.1. The van der Waals surface area contributed by atoms with Gasteiger partial charge in [-0.1, -0.05) is 25.0 Å². The van der Waals surface area contributed by atoms with Crippen LogP contribution in [0.25, 0.3) is 0 Å². The Labute approximate surface area is 202 Å². The van der Waals surface area contributed by atoms with Crippen LogP contribution < -0.4 is 10.0 Å². The Morgan fingerprint density at radius 3 is 2.35 bits per heavy atom. The van der Waals surface area contributed by atoms with Crippen molar-refractivity contribution in [2.45, 2.75) is 76.3 Å². The first-order chi connectivity index (χ1) is 16.2. The summed E-state index contributed by atoms with van der Waals surface area (Å²) in [4.78, 5) is 28.0. The van der Waals surface area contributed by atoms with Gasteiger partial charge >= 0.3 is 0 Å². The van der Waals surface area contributed by atoms with Crippen LogP contribution in [0.1, 0.15) is 65.6 Å². The van der Waals surface area contributed by atoms with Gasteiger partial charge in [0.25, 0.3) is 15.9 Å². The van der Waals surface area contributed by atoms with Crippen LogP contribution in [0.3, 0.4) is 0 Å². The van der Waals surface area contributed by atoms with Gasteiger partial charge in [-0.2, -0.15) is 0 Å². The largest absolute Gasteiger partial charge is 0.352 e. The van der Waals surface area contributed by atoms with Crippen LogP contribution in [0, 0.1) is 20.8 Å². The molecule has 0 aromatic heterocycles. The Hall–Kier alpha value is -2.87. The number of sulfonamides is 1. The van der Waals surface area contributed by atoms with Crippen molar-refractivity contribution in [2.24, 2.45) is 0 Å². The zero-order valence-corrected chi connectivity index (χ0v) is 20.9. The van der Waals surface area contributed by atoms with Crippen molar-refractivity contribution >= 4 is 27.5 Å². The minimum Gasteiger partial charge on any atom is -0.352 e. The number of hydrogen-bond donors (Lipinski definition) is 2. The number of likely N-dealkylation sites (tertiary alicyclic amines) is 1. The molecule has 2 N–H and O–H groups in total. The number of benzene rings is 2. The third kappa shape index (κ3) is 5.12. The number of nitrogens with one attached hydrogen (secondary N) is 2. The molecule has 0 bridgehead atoms. The Morgan fingerprint density at radius 2 is 1.62 bits per heavy atom. The van der Waals surface area contributed by atoms with Gasteiger partial charge < -0.3 is 10.2 Å². The summed E-state index contributed by atoms with van der Waals surface area (Å²) >= 11 is 0. The van der Waals surface area contributed by atoms with Crippen molar-refractivity contribution < 1.29 is 18.0 Å². The highest BCUT2D eigenvalue weighted by Crippen LogP contribution is 2.26. The monoisotopic (exact) mass is 483 g/mol. The summed E-state index contributed by atoms with van der Waals surface area (Å²) in [5, 5.41) is 3.11. The second-order valence-corrected chi connectivity index (χ2v) is 11.2. The Morgan fingerprint density at radius 1 is 0.912 bits per heavy atom. The molecule has 2 aromatic carbocycles. The Kier molecular flexibility index (Phi) is 6.98. The number of amides is 2. The lowest BCUT2D eigenvalue weighted by atomic mass is 10.1. The number of hydrogen-bond acceptors (Lipinski definition) is 4. The number of carbonyl (C=O) groups is 2. The number of rotatable bonds is 6. The third-order valence-electron chi connectivity index (χ3n) is 6.96. The maximum atomic E-state index is 13.3. The minimum absolute atomic E-state index is 0.0835. The number of carbonyl (C=O) groups excluding carboxylic acids is 2. The van der Waals surface area contributed by atoms with E-state index < -0.39 is 16.1 Å². The first kappa shape index (κ1) is 24.3. The standard InChI is InChI=1S/C26H33N3O4S/c1-17-14-19(3)24(15-18(17)2)34(32,33)28-22-11-6-8-20(16-22)26(31)29-13-7-12-23(29)25(30)27-21-9-4-5-10-21/h6,8,11,14-16,21,23,28H,4-5,7,9-10,12-13H2,1-3H3,(H,27,30)/t23-/m1/s1. The highest BCUT2D eigenvalue weighted by Gasteiger charge is 2.35. The number of anilines is 1. The molecule has 182 valence electrons. The van der Waals surface area contributed by atoms with Crippen molar-refractivity contribution in [1.29, 1.82) is 0 Å². The van der Waals surface area contributed by atoms with Crippen LogP contribution in [-0.2, 0) is 14.8 Å². The predicted octanol–water partition coefficient (Wildman–Crippen LogP) is 4.08. The van der Waals surface area contributed by atoms with E-state index in [1.165, 1.54) is 0 Å². The zero-order chi connectivity index (χ0) is 24.5. The van der Waals surface area contributed by atoms with Gasteiger partial charge in [0.2, 0.25) is 5.91 Å². The molecular formula is C26H33N3O4S. The molecule has 2 amide bonds. The molecule has 1 aliphatic heterocycles. The fourth-order valence-corrected chi connectivity index (χ4v) is 6.33. The SMILES string of the molecule is Cc1cc(C)c(S(=O)(=O)Nc2cccc(C(=O)N3CCC[C@@H]3C(=O)NC3CCCC3)c2)cc1C. The van der Waals surface area contributed by atoms with Crippen LogP contribution in [0.5, 0.6) is 0 Å². The summed E-state index contributed by atoms with van der Waals surface area (Å²) in [6.07, 6.45) is 5.66. The molecule has 1 aliphatic carbocycles. The maximum Gasteiger partial charge on any atom is 0.262 e. The van der Waals surface area contributed by atoms with E-state index in [4.69, 9.17) is 0 Å². The van der Waals surface area contributed by atoms with Gasteiger partial charge in [-0.3, -0.25) is 14.3 Å². The van der Waals surface area contributed by atoms with Gasteiger partial charge in [0.1, 0.15) is 6.04 Å². The van der Waals surface area contributed by atoms with Crippen molar-refractivity contribution in [3.8, 4) is 0 Å². The number of aryl methyl sites for hydroxylation is 3. The summed E-state index contributed by atoms with van der Waals surface area (Å²) in [5.74, 6) is -0.340. The predicted molar refractivity (Wildman–Crippen MR) is 132 cm³/mol. The molecule has 1 saturated heterocycles. The van der Waals surface area contributed by atoms with Crippen molar-refractivity contribution in [1.82, 2.24) is 10.2 Å². The van der Waals surface area contributed by atoms with E-state index in [-0.39, 0.29) is 22.8 Å². The first-order valence-electron chi connectivity index (χ1n) is 12.0. The van der Waals surface area contributed by atoms with E-state index in [9.17, 15) is 18.0 Å². The Balaban J connectivity index is 1.51. The molecule has 7 nitrogen and oxygen atoms in total. The molecule has 8 heteroatoms. The fourth-order valence-electron chi connectivity index (χ4n) is 4.97. The smallest absolute Gasteiger partial charge is 0.262 e. The molecule has 1 saturated carbocycles. The van der Waals surface area contributed by atoms with E-state index in [1.807, 2.05) is 19.9 Å². The molecular weight excluding hydrogens is 450 g/mol. The summed E-state index contributed by atoms with van der Waals surface area (Å²) < 4.78 is 28.8. The van der Waals surface area contributed by atoms with Crippen LogP contribution in [0.2, 0.25) is 0 Å². The molecule has 1 atom stereocenters. The van der Waals surface area contributed by atoms with Gasteiger partial charge in [-0.05, 0) is 87.4 Å². The lowest BCUT2D eigenvalue weighted by Gasteiger charge is -2.25. The molecule has 34 heavy (non-hydrogen) atoms. The topological polar surface area (TPSA) is 95.6 Å². The fraction of sp³-hybridized carbons (Fsp3) is 0.462. The molecule has 2 fully saturated rings. The summed E-state index contributed by atoms with van der Waals surface area (Å²) in [6, 6.07) is 9.73. The molecule has 2 aromatic rings. The van der Waals surface area contributed by atoms with E-state index in [1.54, 1.807) is 42.2 Å². The highest BCUT2D eigenvalue weighted by atomic mass is 32.2. The summed E-state index contributed by atoms with van der Waals surface area (Å²) in [7, 11) is -3.82. The maximum absolute atomic E-state index is 13.3. The molecule has 0 spiro atoms. The highest BCUT2D eigenvalue weighted by molar-refractivity contribution is 7.92. The van der Waals surface area contributed by atoms with Gasteiger partial charge in [0, 0.05) is 23.8 Å². The van der Waals surface area contributed by atoms with Crippen molar-refractivity contribution in [3.05, 3.63) is 58.7 Å². The second kappa shape index (κ2) is 9.78. The Bertz CT molecular complexity index is 1200. The van der Waals surface area contributed by atoms with Crippen LogP contribution in [0.4, 0.5) is 5.69 Å². The number of nitrogens with zero attached hydrogens (tertiary/aromatic N) is 1. The third-order valence-corrected chi connectivity index (χ3v) is 8.48. The average molecular weight is 484 g/mol. The lowest BCUT2D eigenvalue weighted by Crippen LogP contribution is -2.48. The van der Waals surface area contributed by atoms with E-state index >= 15 is 0 Å². The lowest BCUT2D eigenvalue weighted by molar-refractivity contribution is -0.125. The van der Waals surface area contributed by atoms with Gasteiger partial charge in [0.15, 0.2) is 0 Å². The second-order valence-electron chi connectivity index (χ2n) is 9.53.